The molecule has 4 nitrogen and oxygen atoms in total. The third kappa shape index (κ3) is 3.47. The first-order valence-electron chi connectivity index (χ1n) is 9.57. The average molecular weight is 409 g/mol. The van der Waals surface area contributed by atoms with Crippen molar-refractivity contribution in [2.24, 2.45) is 5.92 Å². The van der Waals surface area contributed by atoms with Gasteiger partial charge in [0.2, 0.25) is 0 Å². The number of nitrogens with zero attached hydrogens (tertiary/aromatic N) is 1. The summed E-state index contributed by atoms with van der Waals surface area (Å²) >= 11 is 6.05. The van der Waals surface area contributed by atoms with Crippen LogP contribution in [-0.4, -0.2) is 10.9 Å². The maximum absolute atomic E-state index is 13.2. The Hall–Kier alpha value is -2.92. The summed E-state index contributed by atoms with van der Waals surface area (Å²) < 4.78 is 19.4. The molecule has 0 spiro atoms. The van der Waals surface area contributed by atoms with Gasteiger partial charge in [-0.05, 0) is 54.3 Å². The van der Waals surface area contributed by atoms with Crippen molar-refractivity contribution in [1.82, 2.24) is 10.3 Å². The second kappa shape index (κ2) is 7.16. The fourth-order valence-electron chi connectivity index (χ4n) is 3.77. The predicted molar refractivity (Wildman–Crippen MR) is 108 cm³/mol. The third-order valence-corrected chi connectivity index (χ3v) is 5.81. The first kappa shape index (κ1) is 18.1. The molecule has 1 amide bonds. The molecule has 5 rings (SSSR count). The molecule has 2 aliphatic rings. The monoisotopic (exact) mass is 408 g/mol. The Labute approximate surface area is 172 Å². The lowest BCUT2D eigenvalue weighted by molar-refractivity contribution is 0.0950. The van der Waals surface area contributed by atoms with Crippen molar-refractivity contribution < 1.29 is 13.9 Å². The molecule has 6 heteroatoms. The number of amides is 1. The molecule has 0 saturated heterocycles. The summed E-state index contributed by atoms with van der Waals surface area (Å²) in [4.78, 5) is 16.9. The molecule has 1 unspecified atom stereocenters. The zero-order valence-corrected chi connectivity index (χ0v) is 16.2. The number of pyridine rings is 1. The summed E-state index contributed by atoms with van der Waals surface area (Å²) in [5.41, 5.74) is 4.35. The van der Waals surface area contributed by atoms with E-state index in [1.165, 1.54) is 12.1 Å². The number of carbonyl (C=O) groups excluding carboxylic acids is 1. The quantitative estimate of drug-likeness (QED) is 0.636. The molecular formula is C23H18ClFN2O2. The van der Waals surface area contributed by atoms with Crippen LogP contribution in [0.15, 0.2) is 54.9 Å². The Kier molecular flexibility index (Phi) is 4.47. The highest BCUT2D eigenvalue weighted by molar-refractivity contribution is 6.31. The minimum absolute atomic E-state index is 0.0546. The largest absolute Gasteiger partial charge is 0.483 e. The average Bonchev–Trinajstić information content (AvgIpc) is 3.57. The van der Waals surface area contributed by atoms with Crippen LogP contribution in [0, 0.1) is 11.7 Å². The van der Waals surface area contributed by atoms with Crippen LogP contribution >= 0.6 is 11.6 Å². The van der Waals surface area contributed by atoms with E-state index in [2.05, 4.69) is 10.3 Å². The summed E-state index contributed by atoms with van der Waals surface area (Å²) in [6.45, 7) is 0.228. The number of fused-ring (bicyclic) bond motifs is 3. The van der Waals surface area contributed by atoms with Gasteiger partial charge in [0.05, 0.1) is 6.20 Å². The number of hydrogen-bond acceptors (Lipinski definition) is 3. The summed E-state index contributed by atoms with van der Waals surface area (Å²) in [5.74, 6) is 0.656. The standard InChI is InChI=1S/C23H18ClFN2O2/c24-20-10-16(25)5-3-15(20)11-27-23(28)14-4-6-17-18-7-8-26-12-21(18)29-22(13-1-2-13)19(17)9-14/h3-10,12-13,22H,1-2,11H2,(H,27,28). The van der Waals surface area contributed by atoms with Gasteiger partial charge in [-0.3, -0.25) is 9.78 Å². The molecule has 1 atom stereocenters. The van der Waals surface area contributed by atoms with E-state index in [0.717, 1.165) is 35.3 Å². The smallest absolute Gasteiger partial charge is 0.251 e. The van der Waals surface area contributed by atoms with Gasteiger partial charge in [0, 0.05) is 40.4 Å². The van der Waals surface area contributed by atoms with E-state index >= 15 is 0 Å². The number of rotatable bonds is 4. The zero-order valence-electron chi connectivity index (χ0n) is 15.5. The molecule has 2 aromatic carbocycles. The van der Waals surface area contributed by atoms with Crippen molar-refractivity contribution in [2.45, 2.75) is 25.5 Å². The highest BCUT2D eigenvalue weighted by Crippen LogP contribution is 2.51. The molecular weight excluding hydrogens is 391 g/mol. The highest BCUT2D eigenvalue weighted by atomic mass is 35.5. The van der Waals surface area contributed by atoms with Crippen LogP contribution in [0.25, 0.3) is 11.1 Å². The van der Waals surface area contributed by atoms with Crippen LogP contribution in [-0.2, 0) is 6.54 Å². The number of nitrogens with one attached hydrogen (secondary N) is 1. The van der Waals surface area contributed by atoms with E-state index in [9.17, 15) is 9.18 Å². The lowest BCUT2D eigenvalue weighted by atomic mass is 9.90. The van der Waals surface area contributed by atoms with E-state index in [1.54, 1.807) is 18.5 Å². The van der Waals surface area contributed by atoms with Crippen molar-refractivity contribution in [3.63, 3.8) is 0 Å². The van der Waals surface area contributed by atoms with Crippen LogP contribution in [0.3, 0.4) is 0 Å². The SMILES string of the molecule is O=C(NCc1ccc(F)cc1Cl)c1ccc2c(c1)C(C1CC1)Oc1cnccc1-2. The van der Waals surface area contributed by atoms with Crippen LogP contribution < -0.4 is 10.1 Å². The molecule has 1 aromatic heterocycles. The lowest BCUT2D eigenvalue weighted by Gasteiger charge is -2.29. The van der Waals surface area contributed by atoms with Crippen molar-refractivity contribution in [1.29, 1.82) is 0 Å². The topological polar surface area (TPSA) is 51.2 Å². The molecule has 0 radical (unpaired) electrons. The van der Waals surface area contributed by atoms with Gasteiger partial charge in [-0.25, -0.2) is 4.39 Å². The summed E-state index contributed by atoms with van der Waals surface area (Å²) in [6.07, 6.45) is 5.69. The summed E-state index contributed by atoms with van der Waals surface area (Å²) in [5, 5.41) is 3.16. The Morgan fingerprint density at radius 2 is 2.03 bits per heavy atom. The van der Waals surface area contributed by atoms with Crippen LogP contribution in [0.2, 0.25) is 5.02 Å². The summed E-state index contributed by atoms with van der Waals surface area (Å²) in [6, 6.07) is 11.8. The van der Waals surface area contributed by atoms with Crippen molar-refractivity contribution in [3.8, 4) is 16.9 Å². The molecule has 0 bridgehead atoms. The van der Waals surface area contributed by atoms with Gasteiger partial charge in [-0.15, -0.1) is 0 Å². The van der Waals surface area contributed by atoms with E-state index < -0.39 is 5.82 Å². The lowest BCUT2D eigenvalue weighted by Crippen LogP contribution is -2.24. The molecule has 29 heavy (non-hydrogen) atoms. The number of carbonyl (C=O) groups is 1. The molecule has 1 N–H and O–H groups in total. The van der Waals surface area contributed by atoms with Gasteiger partial charge in [-0.2, -0.15) is 0 Å². The Morgan fingerprint density at radius 1 is 1.17 bits per heavy atom. The maximum atomic E-state index is 13.2. The second-order valence-corrected chi connectivity index (χ2v) is 7.88. The highest BCUT2D eigenvalue weighted by Gasteiger charge is 2.38. The Morgan fingerprint density at radius 3 is 2.83 bits per heavy atom. The van der Waals surface area contributed by atoms with Gasteiger partial charge < -0.3 is 10.1 Å². The van der Waals surface area contributed by atoms with Gasteiger partial charge >= 0.3 is 0 Å². The van der Waals surface area contributed by atoms with Crippen LogP contribution in [0.1, 0.15) is 40.4 Å². The normalized spacial score (nSPS) is 17.1. The van der Waals surface area contributed by atoms with E-state index in [4.69, 9.17) is 16.3 Å². The summed E-state index contributed by atoms with van der Waals surface area (Å²) in [7, 11) is 0. The van der Waals surface area contributed by atoms with Gasteiger partial charge in [0.1, 0.15) is 17.7 Å². The molecule has 2 heterocycles. The fourth-order valence-corrected chi connectivity index (χ4v) is 4.01. The van der Waals surface area contributed by atoms with Crippen LogP contribution in [0.5, 0.6) is 5.75 Å². The van der Waals surface area contributed by atoms with Crippen LogP contribution in [0.4, 0.5) is 4.39 Å². The molecule has 146 valence electrons. The number of hydrogen-bond donors (Lipinski definition) is 1. The first-order chi connectivity index (χ1) is 14.1. The van der Waals surface area contributed by atoms with Crippen molar-refractivity contribution >= 4 is 17.5 Å². The number of halogens is 2. The van der Waals surface area contributed by atoms with E-state index in [1.807, 2.05) is 24.3 Å². The van der Waals surface area contributed by atoms with E-state index in [0.29, 0.717) is 22.1 Å². The van der Waals surface area contributed by atoms with E-state index in [-0.39, 0.29) is 18.6 Å². The minimum Gasteiger partial charge on any atom is -0.483 e. The number of benzene rings is 2. The first-order valence-corrected chi connectivity index (χ1v) is 9.95. The maximum Gasteiger partial charge on any atom is 0.251 e. The number of aromatic nitrogens is 1. The molecule has 1 saturated carbocycles. The molecule has 1 aliphatic heterocycles. The van der Waals surface area contributed by atoms with Crippen molar-refractivity contribution in [2.75, 3.05) is 0 Å². The fraction of sp³-hybridized carbons (Fsp3) is 0.217. The molecule has 1 fully saturated rings. The third-order valence-electron chi connectivity index (χ3n) is 5.45. The second-order valence-electron chi connectivity index (χ2n) is 7.47. The van der Waals surface area contributed by atoms with Gasteiger partial charge in [0.25, 0.3) is 5.91 Å². The minimum atomic E-state index is -0.402. The van der Waals surface area contributed by atoms with Gasteiger partial charge in [0.15, 0.2) is 0 Å². The number of ether oxygens (including phenoxy) is 1. The molecule has 1 aliphatic carbocycles. The van der Waals surface area contributed by atoms with Gasteiger partial charge in [-0.1, -0.05) is 23.7 Å². The Balaban J connectivity index is 1.42. The zero-order chi connectivity index (χ0) is 20.0. The predicted octanol–water partition coefficient (Wildman–Crippen LogP) is 5.31. The van der Waals surface area contributed by atoms with Crippen molar-refractivity contribution in [3.05, 3.63) is 82.4 Å². The molecule has 3 aromatic rings. The Bertz CT molecular complexity index is 1110.